The van der Waals surface area contributed by atoms with Gasteiger partial charge in [0.1, 0.15) is 42.1 Å². The Balaban J connectivity index is 1.42. The van der Waals surface area contributed by atoms with Gasteiger partial charge >= 0.3 is 0 Å². The Kier molecular flexibility index (Phi) is 6.32. The second-order valence-electron chi connectivity index (χ2n) is 8.35. The lowest BCUT2D eigenvalue weighted by molar-refractivity contribution is -0.0369. The molecule has 0 radical (unpaired) electrons. The van der Waals surface area contributed by atoms with E-state index in [2.05, 4.69) is 34.9 Å². The molecular weight excluding hydrogens is 454 g/mol. The van der Waals surface area contributed by atoms with E-state index in [0.717, 1.165) is 32.7 Å². The first-order valence-corrected chi connectivity index (χ1v) is 13.0. The minimum atomic E-state index is -0.225. The van der Waals surface area contributed by atoms with Crippen molar-refractivity contribution in [2.75, 3.05) is 12.9 Å². The average Bonchev–Trinajstić information content (AvgIpc) is 3.49. The van der Waals surface area contributed by atoms with Gasteiger partial charge in [-0.15, -0.1) is 0 Å². The van der Waals surface area contributed by atoms with Gasteiger partial charge in [0.15, 0.2) is 9.99 Å². The summed E-state index contributed by atoms with van der Waals surface area (Å²) in [6.45, 7) is 6.57. The number of hydrogen-bond acceptors (Lipinski definition) is 7. The molecule has 172 valence electrons. The Morgan fingerprint density at radius 3 is 2.36 bits per heavy atom. The molecule has 0 N–H and O–H groups in total. The Bertz CT molecular complexity index is 1230. The van der Waals surface area contributed by atoms with E-state index in [1.807, 2.05) is 49.6 Å². The van der Waals surface area contributed by atoms with Gasteiger partial charge in [-0.1, -0.05) is 47.2 Å². The van der Waals surface area contributed by atoms with Crippen LogP contribution in [0.3, 0.4) is 0 Å². The molecule has 3 heterocycles. The Hall–Kier alpha value is -2.55. The van der Waals surface area contributed by atoms with E-state index in [9.17, 15) is 0 Å². The van der Waals surface area contributed by atoms with Gasteiger partial charge in [-0.2, -0.15) is 4.37 Å². The first-order valence-electron chi connectivity index (χ1n) is 11.0. The van der Waals surface area contributed by atoms with E-state index in [1.165, 1.54) is 22.7 Å². The highest BCUT2D eigenvalue weighted by Gasteiger charge is 2.40. The molecule has 0 amide bonds. The highest BCUT2D eigenvalue weighted by molar-refractivity contribution is 7.98. The monoisotopic (exact) mass is 481 g/mol. The number of nitrogens with zero attached hydrogens (tertiary/aromatic N) is 3. The molecule has 1 saturated heterocycles. The molecule has 3 atom stereocenters. The van der Waals surface area contributed by atoms with Gasteiger partial charge < -0.3 is 14.2 Å². The molecule has 8 heteroatoms. The third-order valence-electron chi connectivity index (χ3n) is 5.85. The Labute approximate surface area is 202 Å². The smallest absolute Gasteiger partial charge is 0.171 e. The van der Waals surface area contributed by atoms with Gasteiger partial charge in [0, 0.05) is 6.42 Å². The predicted molar refractivity (Wildman–Crippen MR) is 133 cm³/mol. The molecule has 0 bridgehead atoms. The number of aromatic nitrogens is 3. The van der Waals surface area contributed by atoms with Crippen LogP contribution < -0.4 is 9.47 Å². The fourth-order valence-corrected chi connectivity index (χ4v) is 5.50. The molecule has 0 saturated carbocycles. The Morgan fingerprint density at radius 2 is 1.70 bits per heavy atom. The van der Waals surface area contributed by atoms with Crippen molar-refractivity contribution in [3.63, 3.8) is 0 Å². The van der Waals surface area contributed by atoms with Crippen molar-refractivity contribution in [1.82, 2.24) is 13.9 Å². The van der Waals surface area contributed by atoms with Crippen LogP contribution in [0.2, 0.25) is 0 Å². The van der Waals surface area contributed by atoms with Gasteiger partial charge in [0.2, 0.25) is 0 Å². The second kappa shape index (κ2) is 9.37. The van der Waals surface area contributed by atoms with Crippen LogP contribution in [0.4, 0.5) is 0 Å². The summed E-state index contributed by atoms with van der Waals surface area (Å²) in [6, 6.07) is 16.2. The lowest BCUT2D eigenvalue weighted by Crippen LogP contribution is -2.32. The second-order valence-corrected chi connectivity index (χ2v) is 9.87. The summed E-state index contributed by atoms with van der Waals surface area (Å²) in [5, 5.41) is 0.931. The zero-order valence-electron chi connectivity index (χ0n) is 19.1. The zero-order valence-corrected chi connectivity index (χ0v) is 20.8. The van der Waals surface area contributed by atoms with E-state index >= 15 is 0 Å². The number of imidazole rings is 1. The van der Waals surface area contributed by atoms with Crippen molar-refractivity contribution in [3.8, 4) is 11.5 Å². The molecule has 0 aliphatic carbocycles. The summed E-state index contributed by atoms with van der Waals surface area (Å²) in [5.74, 6) is 1.67. The lowest BCUT2D eigenvalue weighted by Gasteiger charge is -2.20. The molecule has 0 spiro atoms. The first kappa shape index (κ1) is 22.3. The molecule has 2 aromatic carbocycles. The normalized spacial score (nSPS) is 20.4. The molecule has 2 aromatic heterocycles. The fourth-order valence-electron chi connectivity index (χ4n) is 4.09. The van der Waals surface area contributed by atoms with Crippen molar-refractivity contribution in [2.45, 2.75) is 50.8 Å². The van der Waals surface area contributed by atoms with Crippen LogP contribution in [0, 0.1) is 20.8 Å². The van der Waals surface area contributed by atoms with Gasteiger partial charge in [-0.3, -0.25) is 4.57 Å². The summed E-state index contributed by atoms with van der Waals surface area (Å²) >= 11 is 3.05. The number of fused-ring (bicyclic) bond motifs is 1. The van der Waals surface area contributed by atoms with Crippen LogP contribution >= 0.6 is 23.3 Å². The summed E-state index contributed by atoms with van der Waals surface area (Å²) in [6.07, 6.45) is 2.16. The van der Waals surface area contributed by atoms with Crippen LogP contribution in [-0.4, -0.2) is 39.0 Å². The third kappa shape index (κ3) is 4.60. The minimum Gasteiger partial charge on any atom is -0.491 e. The van der Waals surface area contributed by atoms with Crippen molar-refractivity contribution in [3.05, 3.63) is 65.4 Å². The van der Waals surface area contributed by atoms with Crippen LogP contribution in [0.15, 0.2) is 53.7 Å². The van der Waals surface area contributed by atoms with Gasteiger partial charge in [-0.05, 0) is 62.8 Å². The SMILES string of the molecule is CSc1nc2snc(C)c2n1[C@H]1C[C@H](Oc2ccc(C)cc2)[C@@H](COc2ccc(C)cc2)O1. The van der Waals surface area contributed by atoms with Gasteiger partial charge in [0.05, 0.1) is 5.69 Å². The summed E-state index contributed by atoms with van der Waals surface area (Å²) < 4.78 is 25.8. The number of hydrogen-bond donors (Lipinski definition) is 0. The number of rotatable bonds is 7. The van der Waals surface area contributed by atoms with Crippen LogP contribution in [-0.2, 0) is 4.74 Å². The van der Waals surface area contributed by atoms with Crippen molar-refractivity contribution in [1.29, 1.82) is 0 Å². The average molecular weight is 482 g/mol. The van der Waals surface area contributed by atoms with E-state index in [1.54, 1.807) is 11.8 Å². The number of ether oxygens (including phenoxy) is 3. The molecule has 6 nitrogen and oxygen atoms in total. The van der Waals surface area contributed by atoms with Crippen molar-refractivity contribution < 1.29 is 14.2 Å². The first-order chi connectivity index (χ1) is 16.0. The highest BCUT2D eigenvalue weighted by atomic mass is 32.2. The molecule has 0 unspecified atom stereocenters. The number of thioether (sulfide) groups is 1. The largest absolute Gasteiger partial charge is 0.491 e. The van der Waals surface area contributed by atoms with Gasteiger partial charge in [0.25, 0.3) is 0 Å². The van der Waals surface area contributed by atoms with E-state index in [-0.39, 0.29) is 18.4 Å². The third-order valence-corrected chi connectivity index (χ3v) is 7.33. The zero-order chi connectivity index (χ0) is 22.9. The minimum absolute atomic E-state index is 0.151. The number of aryl methyl sites for hydroxylation is 3. The maximum Gasteiger partial charge on any atom is 0.171 e. The molecule has 1 aliphatic heterocycles. The molecule has 1 fully saturated rings. The predicted octanol–water partition coefficient (Wildman–Crippen LogP) is 5.95. The van der Waals surface area contributed by atoms with Crippen molar-refractivity contribution >= 4 is 33.6 Å². The molecule has 1 aliphatic rings. The van der Waals surface area contributed by atoms with Gasteiger partial charge in [-0.25, -0.2) is 4.98 Å². The van der Waals surface area contributed by atoms with Crippen LogP contribution in [0.5, 0.6) is 11.5 Å². The van der Waals surface area contributed by atoms with E-state index in [4.69, 9.17) is 19.2 Å². The Morgan fingerprint density at radius 1 is 1.03 bits per heavy atom. The van der Waals surface area contributed by atoms with E-state index in [0.29, 0.717) is 13.0 Å². The summed E-state index contributed by atoms with van der Waals surface area (Å²) in [4.78, 5) is 5.71. The number of benzene rings is 2. The van der Waals surface area contributed by atoms with Crippen molar-refractivity contribution in [2.24, 2.45) is 0 Å². The molecule has 5 rings (SSSR count). The van der Waals surface area contributed by atoms with E-state index < -0.39 is 0 Å². The fraction of sp³-hybridized carbons (Fsp3) is 0.360. The molecule has 33 heavy (non-hydrogen) atoms. The topological polar surface area (TPSA) is 58.4 Å². The highest BCUT2D eigenvalue weighted by Crippen LogP contribution is 2.39. The standard InChI is InChI=1S/C25H27N3O3S2/c1-15-5-9-18(10-6-15)29-14-21-20(30-19-11-7-16(2)8-12-19)13-22(31-21)28-23-17(3)27-33-24(23)26-25(28)32-4/h5-12,20-22H,13-14H2,1-4H3/t20-,21+,22+/m0/s1. The molecular formula is C25H27N3O3S2. The van der Waals surface area contributed by atoms with Crippen LogP contribution in [0.1, 0.15) is 29.5 Å². The maximum atomic E-state index is 6.57. The summed E-state index contributed by atoms with van der Waals surface area (Å²) in [7, 11) is 0. The maximum absolute atomic E-state index is 6.57. The quantitative estimate of drug-likeness (QED) is 0.304. The van der Waals surface area contributed by atoms with Crippen LogP contribution in [0.25, 0.3) is 10.3 Å². The molecule has 4 aromatic rings. The summed E-state index contributed by atoms with van der Waals surface area (Å²) in [5.41, 5.74) is 4.42. The lowest BCUT2D eigenvalue weighted by atomic mass is 10.1.